The predicted molar refractivity (Wildman–Crippen MR) is 122 cm³/mol. The third-order valence-electron chi connectivity index (χ3n) is 4.91. The Balaban J connectivity index is 1.41. The third kappa shape index (κ3) is 6.45. The van der Waals surface area contributed by atoms with Crippen molar-refractivity contribution in [2.24, 2.45) is 0 Å². The van der Waals surface area contributed by atoms with Crippen molar-refractivity contribution in [2.75, 3.05) is 45.2 Å². The van der Waals surface area contributed by atoms with Crippen molar-refractivity contribution in [2.45, 2.75) is 12.8 Å². The van der Waals surface area contributed by atoms with E-state index in [2.05, 4.69) is 33.2 Å². The molecule has 0 atom stereocenters. The van der Waals surface area contributed by atoms with Crippen molar-refractivity contribution in [3.63, 3.8) is 0 Å². The number of piperazine rings is 1. The van der Waals surface area contributed by atoms with Crippen LogP contribution in [0.1, 0.15) is 23.2 Å². The molecular formula is C22H25BrClN3O3. The molecule has 2 aromatic carbocycles. The number of rotatable bonds is 7. The van der Waals surface area contributed by atoms with E-state index < -0.39 is 0 Å². The lowest BCUT2D eigenvalue weighted by atomic mass is 10.1. The summed E-state index contributed by atoms with van der Waals surface area (Å²) in [5, 5.41) is 3.38. The van der Waals surface area contributed by atoms with Gasteiger partial charge in [0.1, 0.15) is 5.75 Å². The van der Waals surface area contributed by atoms with Gasteiger partial charge in [-0.3, -0.25) is 9.59 Å². The smallest absolute Gasteiger partial charge is 0.253 e. The molecule has 30 heavy (non-hydrogen) atoms. The summed E-state index contributed by atoms with van der Waals surface area (Å²) < 4.78 is 6.51. The van der Waals surface area contributed by atoms with E-state index in [1.807, 2.05) is 11.0 Å². The summed E-state index contributed by atoms with van der Waals surface area (Å²) in [6.07, 6.45) is 0.897. The second kappa shape index (κ2) is 10.8. The Labute approximate surface area is 190 Å². The Morgan fingerprint density at radius 1 is 1.10 bits per heavy atom. The fraction of sp³-hybridized carbons (Fsp3) is 0.364. The highest BCUT2D eigenvalue weighted by molar-refractivity contribution is 9.10. The second-order valence-electron chi connectivity index (χ2n) is 7.25. The molecule has 0 aliphatic carbocycles. The maximum Gasteiger partial charge on any atom is 0.253 e. The molecular weight excluding hydrogens is 470 g/mol. The zero-order valence-corrected chi connectivity index (χ0v) is 19.2. The molecule has 1 aliphatic rings. The van der Waals surface area contributed by atoms with Crippen molar-refractivity contribution in [1.29, 1.82) is 0 Å². The van der Waals surface area contributed by atoms with Crippen LogP contribution in [0.2, 0.25) is 5.02 Å². The van der Waals surface area contributed by atoms with Gasteiger partial charge in [-0.15, -0.1) is 0 Å². The number of amides is 2. The Morgan fingerprint density at radius 3 is 2.47 bits per heavy atom. The van der Waals surface area contributed by atoms with Gasteiger partial charge in [0.15, 0.2) is 0 Å². The molecule has 1 saturated heterocycles. The van der Waals surface area contributed by atoms with Gasteiger partial charge in [-0.25, -0.2) is 0 Å². The number of hydrogen-bond acceptors (Lipinski definition) is 4. The van der Waals surface area contributed by atoms with E-state index >= 15 is 0 Å². The summed E-state index contributed by atoms with van der Waals surface area (Å²) in [7, 11) is 2.06. The van der Waals surface area contributed by atoms with Gasteiger partial charge in [0.2, 0.25) is 5.91 Å². The summed E-state index contributed by atoms with van der Waals surface area (Å²) in [5.41, 5.74) is 1.31. The molecule has 0 unspecified atom stereocenters. The zero-order chi connectivity index (χ0) is 21.5. The van der Waals surface area contributed by atoms with Crippen LogP contribution in [0, 0.1) is 0 Å². The zero-order valence-electron chi connectivity index (χ0n) is 16.9. The molecule has 2 aromatic rings. The van der Waals surface area contributed by atoms with Crippen LogP contribution >= 0.6 is 27.5 Å². The van der Waals surface area contributed by atoms with E-state index in [1.54, 1.807) is 36.4 Å². The minimum atomic E-state index is -0.0985. The highest BCUT2D eigenvalue weighted by atomic mass is 79.9. The average molecular weight is 495 g/mol. The van der Waals surface area contributed by atoms with Gasteiger partial charge in [-0.2, -0.15) is 0 Å². The van der Waals surface area contributed by atoms with Crippen LogP contribution in [0.4, 0.5) is 5.69 Å². The van der Waals surface area contributed by atoms with Gasteiger partial charge in [0.25, 0.3) is 5.91 Å². The van der Waals surface area contributed by atoms with Crippen LogP contribution in [-0.4, -0.2) is 61.4 Å². The second-order valence-corrected chi connectivity index (χ2v) is 8.57. The fourth-order valence-corrected chi connectivity index (χ4v) is 3.85. The lowest BCUT2D eigenvalue weighted by Crippen LogP contribution is -2.47. The minimum absolute atomic E-state index is 0.0322. The third-order valence-corrected chi connectivity index (χ3v) is 5.69. The summed E-state index contributed by atoms with van der Waals surface area (Å²) in [6.45, 7) is 3.64. The van der Waals surface area contributed by atoms with E-state index in [4.69, 9.17) is 16.3 Å². The molecule has 8 heteroatoms. The van der Waals surface area contributed by atoms with Crippen molar-refractivity contribution in [1.82, 2.24) is 9.80 Å². The van der Waals surface area contributed by atoms with Gasteiger partial charge >= 0.3 is 0 Å². The van der Waals surface area contributed by atoms with Crippen molar-refractivity contribution in [3.05, 3.63) is 57.5 Å². The van der Waals surface area contributed by atoms with Gasteiger partial charge in [-0.05, 0) is 55.9 Å². The first-order chi connectivity index (χ1) is 14.4. The van der Waals surface area contributed by atoms with Crippen molar-refractivity contribution in [3.8, 4) is 5.75 Å². The number of carbonyl (C=O) groups excluding carboxylic acids is 2. The summed E-state index contributed by atoms with van der Waals surface area (Å²) in [4.78, 5) is 28.8. The monoisotopic (exact) mass is 493 g/mol. The Bertz CT molecular complexity index is 884. The molecule has 0 saturated carbocycles. The van der Waals surface area contributed by atoms with Crippen LogP contribution in [0.25, 0.3) is 0 Å². The SMILES string of the molecule is CN1CCN(C(=O)c2ccc(NC(=O)CCCOc3ccc(Br)cc3Cl)cc2)CC1. The first kappa shape index (κ1) is 22.6. The number of ether oxygens (including phenoxy) is 1. The maximum absolute atomic E-state index is 12.6. The van der Waals surface area contributed by atoms with Crippen LogP contribution in [-0.2, 0) is 4.79 Å². The lowest BCUT2D eigenvalue weighted by Gasteiger charge is -2.32. The number of halogens is 2. The number of nitrogens with one attached hydrogen (secondary N) is 1. The first-order valence-corrected chi connectivity index (χ1v) is 11.0. The van der Waals surface area contributed by atoms with Crippen molar-refractivity contribution >= 4 is 45.0 Å². The first-order valence-electron chi connectivity index (χ1n) is 9.88. The summed E-state index contributed by atoms with van der Waals surface area (Å²) >= 11 is 9.45. The highest BCUT2D eigenvalue weighted by Gasteiger charge is 2.20. The molecule has 1 fully saturated rings. The largest absolute Gasteiger partial charge is 0.492 e. The standard InChI is InChI=1S/C22H25BrClN3O3/c1-26-10-12-27(13-11-26)22(29)16-4-7-18(8-5-16)25-21(28)3-2-14-30-20-9-6-17(23)15-19(20)24/h4-9,15H,2-3,10-14H2,1H3,(H,25,28). The normalized spacial score (nSPS) is 14.4. The summed E-state index contributed by atoms with van der Waals surface area (Å²) in [5.74, 6) is 0.532. The van der Waals surface area contributed by atoms with E-state index in [0.29, 0.717) is 41.5 Å². The van der Waals surface area contributed by atoms with Crippen molar-refractivity contribution < 1.29 is 14.3 Å². The van der Waals surface area contributed by atoms with E-state index in [-0.39, 0.29) is 11.8 Å². The van der Waals surface area contributed by atoms with Crippen LogP contribution in [0.3, 0.4) is 0 Å². The summed E-state index contributed by atoms with van der Waals surface area (Å²) in [6, 6.07) is 12.5. The molecule has 1 aliphatic heterocycles. The number of likely N-dealkylation sites (N-methyl/N-ethyl adjacent to an activating group) is 1. The van der Waals surface area contributed by atoms with Gasteiger partial charge < -0.3 is 19.9 Å². The van der Waals surface area contributed by atoms with E-state index in [9.17, 15) is 9.59 Å². The number of hydrogen-bond donors (Lipinski definition) is 1. The molecule has 0 aromatic heterocycles. The van der Waals surface area contributed by atoms with Crippen LogP contribution in [0.5, 0.6) is 5.75 Å². The molecule has 3 rings (SSSR count). The van der Waals surface area contributed by atoms with E-state index in [0.717, 1.165) is 30.7 Å². The molecule has 6 nitrogen and oxygen atoms in total. The van der Waals surface area contributed by atoms with E-state index in [1.165, 1.54) is 0 Å². The lowest BCUT2D eigenvalue weighted by molar-refractivity contribution is -0.116. The molecule has 1 heterocycles. The highest BCUT2D eigenvalue weighted by Crippen LogP contribution is 2.27. The maximum atomic E-state index is 12.6. The Kier molecular flexibility index (Phi) is 8.13. The Hall–Kier alpha value is -2.09. The average Bonchev–Trinajstić information content (AvgIpc) is 2.73. The van der Waals surface area contributed by atoms with Gasteiger partial charge in [0, 0.05) is 48.3 Å². The molecule has 0 radical (unpaired) electrons. The molecule has 1 N–H and O–H groups in total. The molecule has 2 amide bonds. The molecule has 0 bridgehead atoms. The minimum Gasteiger partial charge on any atom is -0.492 e. The molecule has 0 spiro atoms. The van der Waals surface area contributed by atoms with Gasteiger partial charge in [-0.1, -0.05) is 27.5 Å². The number of anilines is 1. The van der Waals surface area contributed by atoms with Gasteiger partial charge in [0.05, 0.1) is 11.6 Å². The number of nitrogens with zero attached hydrogens (tertiary/aromatic N) is 2. The van der Waals surface area contributed by atoms with Crippen LogP contribution < -0.4 is 10.1 Å². The molecule has 160 valence electrons. The Morgan fingerprint density at radius 2 is 1.80 bits per heavy atom. The topological polar surface area (TPSA) is 61.9 Å². The fourth-order valence-electron chi connectivity index (χ4n) is 3.12. The van der Waals surface area contributed by atoms with Crippen LogP contribution in [0.15, 0.2) is 46.9 Å². The quantitative estimate of drug-likeness (QED) is 0.584. The predicted octanol–water partition coefficient (Wildman–Crippen LogP) is 4.29. The number of carbonyl (C=O) groups is 2. The number of benzene rings is 2.